The Bertz CT molecular complexity index is 380. The molecule has 1 N–H and O–H groups in total. The number of aromatic nitrogens is 1. The largest absolute Gasteiger partial charge is 0.401 e. The van der Waals surface area contributed by atoms with Gasteiger partial charge in [-0.3, -0.25) is 9.88 Å². The van der Waals surface area contributed by atoms with Gasteiger partial charge in [-0.25, -0.2) is 0 Å². The van der Waals surface area contributed by atoms with Gasteiger partial charge in [0, 0.05) is 13.1 Å². The molecule has 0 saturated heterocycles. The molecule has 0 amide bonds. The van der Waals surface area contributed by atoms with Crippen LogP contribution in [0.25, 0.3) is 0 Å². The number of nitrogens with zero attached hydrogens (tertiary/aromatic N) is 2. The molecule has 1 rings (SSSR count). The summed E-state index contributed by atoms with van der Waals surface area (Å²) in [5, 5.41) is 3.21. The SMILES string of the molecule is CCCNCc1cccc(CN(C)CC(F)(F)F)n1. The summed E-state index contributed by atoms with van der Waals surface area (Å²) in [4.78, 5) is 5.56. The molecule has 19 heavy (non-hydrogen) atoms. The second kappa shape index (κ2) is 7.45. The van der Waals surface area contributed by atoms with Gasteiger partial charge in [0.2, 0.25) is 0 Å². The van der Waals surface area contributed by atoms with Crippen LogP contribution in [-0.2, 0) is 13.1 Å². The van der Waals surface area contributed by atoms with Crippen molar-refractivity contribution in [2.45, 2.75) is 32.6 Å². The Hall–Kier alpha value is -1.14. The minimum atomic E-state index is -4.17. The second-order valence-corrected chi connectivity index (χ2v) is 4.58. The fourth-order valence-corrected chi connectivity index (χ4v) is 1.75. The zero-order valence-corrected chi connectivity index (χ0v) is 11.3. The molecule has 0 unspecified atom stereocenters. The molecular weight excluding hydrogens is 255 g/mol. The van der Waals surface area contributed by atoms with Gasteiger partial charge in [-0.1, -0.05) is 13.0 Å². The molecule has 0 aliphatic heterocycles. The zero-order valence-electron chi connectivity index (χ0n) is 11.3. The highest BCUT2D eigenvalue weighted by Gasteiger charge is 2.29. The van der Waals surface area contributed by atoms with E-state index >= 15 is 0 Å². The smallest absolute Gasteiger partial charge is 0.311 e. The van der Waals surface area contributed by atoms with Crippen molar-refractivity contribution >= 4 is 0 Å². The summed E-state index contributed by atoms with van der Waals surface area (Å²) in [6.45, 7) is 2.89. The van der Waals surface area contributed by atoms with Crippen LogP contribution in [0.15, 0.2) is 18.2 Å². The summed E-state index contributed by atoms with van der Waals surface area (Å²) in [5.41, 5.74) is 1.51. The van der Waals surface area contributed by atoms with Crippen LogP contribution in [0.5, 0.6) is 0 Å². The molecule has 0 atom stereocenters. The summed E-state index contributed by atoms with van der Waals surface area (Å²) in [5.74, 6) is 0. The maximum atomic E-state index is 12.2. The standard InChI is InChI=1S/C13H20F3N3/c1-3-7-17-8-11-5-4-6-12(18-11)9-19(2)10-13(14,15)16/h4-6,17H,3,7-10H2,1-2H3. The minimum absolute atomic E-state index is 0.196. The lowest BCUT2D eigenvalue weighted by atomic mass is 10.3. The van der Waals surface area contributed by atoms with E-state index in [1.807, 2.05) is 12.1 Å². The topological polar surface area (TPSA) is 28.2 Å². The molecule has 0 radical (unpaired) electrons. The van der Waals surface area contributed by atoms with Crippen LogP contribution in [0.2, 0.25) is 0 Å². The Morgan fingerprint density at radius 1 is 1.26 bits per heavy atom. The van der Waals surface area contributed by atoms with E-state index in [2.05, 4.69) is 17.2 Å². The number of nitrogens with one attached hydrogen (secondary N) is 1. The highest BCUT2D eigenvalue weighted by atomic mass is 19.4. The lowest BCUT2D eigenvalue weighted by Gasteiger charge is -2.18. The van der Waals surface area contributed by atoms with Crippen molar-refractivity contribution in [2.75, 3.05) is 20.1 Å². The van der Waals surface area contributed by atoms with Gasteiger partial charge < -0.3 is 5.32 Å². The van der Waals surface area contributed by atoms with Crippen molar-refractivity contribution in [1.82, 2.24) is 15.2 Å². The van der Waals surface area contributed by atoms with Gasteiger partial charge in [0.15, 0.2) is 0 Å². The van der Waals surface area contributed by atoms with Crippen LogP contribution in [0.3, 0.4) is 0 Å². The Morgan fingerprint density at radius 3 is 2.58 bits per heavy atom. The quantitative estimate of drug-likeness (QED) is 0.775. The van der Waals surface area contributed by atoms with E-state index in [-0.39, 0.29) is 6.54 Å². The first-order chi connectivity index (χ1) is 8.90. The molecular formula is C13H20F3N3. The average Bonchev–Trinajstić information content (AvgIpc) is 2.27. The molecule has 1 heterocycles. The number of rotatable bonds is 7. The van der Waals surface area contributed by atoms with Gasteiger partial charge in [-0.05, 0) is 32.1 Å². The van der Waals surface area contributed by atoms with E-state index in [4.69, 9.17) is 0 Å². The van der Waals surface area contributed by atoms with Crippen LogP contribution < -0.4 is 5.32 Å². The highest BCUT2D eigenvalue weighted by Crippen LogP contribution is 2.16. The first-order valence-corrected chi connectivity index (χ1v) is 6.31. The van der Waals surface area contributed by atoms with Gasteiger partial charge in [0.05, 0.1) is 17.9 Å². The average molecular weight is 275 g/mol. The third-order valence-corrected chi connectivity index (χ3v) is 2.48. The number of hydrogen-bond donors (Lipinski definition) is 1. The maximum absolute atomic E-state index is 12.2. The third kappa shape index (κ3) is 7.12. The van der Waals surface area contributed by atoms with Gasteiger partial charge in [0.25, 0.3) is 0 Å². The van der Waals surface area contributed by atoms with Crippen molar-refractivity contribution < 1.29 is 13.2 Å². The number of hydrogen-bond acceptors (Lipinski definition) is 3. The molecule has 0 aliphatic carbocycles. The molecule has 3 nitrogen and oxygen atoms in total. The van der Waals surface area contributed by atoms with Crippen molar-refractivity contribution in [3.63, 3.8) is 0 Å². The van der Waals surface area contributed by atoms with Gasteiger partial charge in [-0.15, -0.1) is 0 Å². The van der Waals surface area contributed by atoms with Gasteiger partial charge in [0.1, 0.15) is 0 Å². The molecule has 0 fully saturated rings. The fourth-order valence-electron chi connectivity index (χ4n) is 1.75. The van der Waals surface area contributed by atoms with Gasteiger partial charge in [-0.2, -0.15) is 13.2 Å². The van der Waals surface area contributed by atoms with Crippen LogP contribution >= 0.6 is 0 Å². The Balaban J connectivity index is 2.51. The summed E-state index contributed by atoms with van der Waals surface area (Å²) in [6.07, 6.45) is -3.14. The van der Waals surface area contributed by atoms with Crippen LogP contribution in [-0.4, -0.2) is 36.2 Å². The third-order valence-electron chi connectivity index (χ3n) is 2.48. The molecule has 1 aromatic rings. The molecule has 6 heteroatoms. The van der Waals surface area contributed by atoms with E-state index in [1.54, 1.807) is 6.07 Å². The summed E-state index contributed by atoms with van der Waals surface area (Å²) in [6, 6.07) is 5.44. The van der Waals surface area contributed by atoms with Crippen molar-refractivity contribution in [2.24, 2.45) is 0 Å². The zero-order chi connectivity index (χ0) is 14.3. The summed E-state index contributed by atoms with van der Waals surface area (Å²) >= 11 is 0. The number of alkyl halides is 3. The van der Waals surface area contributed by atoms with Crippen LogP contribution in [0.1, 0.15) is 24.7 Å². The molecule has 0 aliphatic rings. The second-order valence-electron chi connectivity index (χ2n) is 4.58. The normalized spacial score (nSPS) is 12.1. The Morgan fingerprint density at radius 2 is 1.95 bits per heavy atom. The monoisotopic (exact) mass is 275 g/mol. The van der Waals surface area contributed by atoms with E-state index < -0.39 is 12.7 Å². The number of pyridine rings is 1. The Kier molecular flexibility index (Phi) is 6.24. The van der Waals surface area contributed by atoms with Crippen molar-refractivity contribution in [3.8, 4) is 0 Å². The Labute approximate surface area is 111 Å². The first kappa shape index (κ1) is 15.9. The fraction of sp³-hybridized carbons (Fsp3) is 0.615. The summed E-state index contributed by atoms with van der Waals surface area (Å²) in [7, 11) is 1.44. The van der Waals surface area contributed by atoms with Crippen LogP contribution in [0, 0.1) is 0 Å². The van der Waals surface area contributed by atoms with Crippen molar-refractivity contribution in [1.29, 1.82) is 0 Å². The highest BCUT2D eigenvalue weighted by molar-refractivity contribution is 5.11. The van der Waals surface area contributed by atoms with Crippen LogP contribution in [0.4, 0.5) is 13.2 Å². The first-order valence-electron chi connectivity index (χ1n) is 6.31. The molecule has 0 bridgehead atoms. The molecule has 108 valence electrons. The molecule has 0 spiro atoms. The van der Waals surface area contributed by atoms with E-state index in [9.17, 15) is 13.2 Å². The molecule has 0 saturated carbocycles. The maximum Gasteiger partial charge on any atom is 0.401 e. The minimum Gasteiger partial charge on any atom is -0.311 e. The van der Waals surface area contributed by atoms with E-state index in [0.717, 1.165) is 18.7 Å². The predicted octanol–water partition coefficient (Wildman–Crippen LogP) is 2.58. The molecule has 1 aromatic heterocycles. The summed E-state index contributed by atoms with van der Waals surface area (Å²) < 4.78 is 36.7. The van der Waals surface area contributed by atoms with Crippen molar-refractivity contribution in [3.05, 3.63) is 29.6 Å². The lowest BCUT2D eigenvalue weighted by Crippen LogP contribution is -2.30. The lowest BCUT2D eigenvalue weighted by molar-refractivity contribution is -0.144. The van der Waals surface area contributed by atoms with E-state index in [0.29, 0.717) is 12.2 Å². The molecule has 0 aromatic carbocycles. The number of halogens is 3. The van der Waals surface area contributed by atoms with E-state index in [1.165, 1.54) is 11.9 Å². The van der Waals surface area contributed by atoms with Gasteiger partial charge >= 0.3 is 6.18 Å². The predicted molar refractivity (Wildman–Crippen MR) is 68.6 cm³/mol.